The molecule has 1 fully saturated rings. The van der Waals surface area contributed by atoms with Gasteiger partial charge in [-0.25, -0.2) is 9.97 Å². The fraction of sp³-hybridized carbons (Fsp3) is 0.429. The first kappa shape index (κ1) is 11.4. The molecule has 94 valence electrons. The van der Waals surface area contributed by atoms with E-state index in [1.165, 1.54) is 5.69 Å². The molecule has 1 N–H and O–H groups in total. The van der Waals surface area contributed by atoms with Gasteiger partial charge in [-0.2, -0.15) is 0 Å². The number of benzene rings is 1. The van der Waals surface area contributed by atoms with Crippen molar-refractivity contribution in [1.29, 1.82) is 0 Å². The highest BCUT2D eigenvalue weighted by molar-refractivity contribution is 5.82. The van der Waals surface area contributed by atoms with E-state index >= 15 is 0 Å². The topological polar surface area (TPSA) is 47.0 Å². The summed E-state index contributed by atoms with van der Waals surface area (Å²) in [6, 6.07) is 5.99. The molecule has 3 rings (SSSR count). The van der Waals surface area contributed by atoms with Crippen LogP contribution in [0.15, 0.2) is 24.5 Å². The second-order valence-corrected chi connectivity index (χ2v) is 4.67. The van der Waals surface area contributed by atoms with E-state index in [9.17, 15) is 0 Å². The molecule has 0 radical (unpaired) electrons. The molecule has 2 heterocycles. The Hall–Kier alpha value is -1.68. The van der Waals surface area contributed by atoms with E-state index in [0.29, 0.717) is 5.92 Å². The number of aromatic nitrogens is 2. The summed E-state index contributed by atoms with van der Waals surface area (Å²) in [6.45, 7) is 2.14. The molecule has 0 atom stereocenters. The normalized spacial score (nSPS) is 16.9. The van der Waals surface area contributed by atoms with Gasteiger partial charge in [0.05, 0.1) is 18.3 Å². The molecule has 0 aliphatic carbocycles. The first-order chi connectivity index (χ1) is 8.88. The summed E-state index contributed by atoms with van der Waals surface area (Å²) in [6.07, 6.45) is 3.96. The van der Waals surface area contributed by atoms with E-state index in [1.54, 1.807) is 13.4 Å². The molecule has 1 aliphatic heterocycles. The molecular weight excluding hydrogens is 226 g/mol. The number of hydrogen-bond donors (Lipinski definition) is 1. The molecule has 0 amide bonds. The van der Waals surface area contributed by atoms with Crippen LogP contribution in [0.3, 0.4) is 0 Å². The van der Waals surface area contributed by atoms with E-state index < -0.39 is 0 Å². The summed E-state index contributed by atoms with van der Waals surface area (Å²) in [5.74, 6) is 1.40. The number of nitrogens with zero attached hydrogens (tertiary/aromatic N) is 2. The van der Waals surface area contributed by atoms with Crippen LogP contribution >= 0.6 is 0 Å². The number of hydrogen-bond acceptors (Lipinski definition) is 4. The van der Waals surface area contributed by atoms with E-state index in [4.69, 9.17) is 4.74 Å². The maximum Gasteiger partial charge on any atom is 0.119 e. The molecule has 0 unspecified atom stereocenters. The zero-order valence-electron chi connectivity index (χ0n) is 10.5. The van der Waals surface area contributed by atoms with Crippen molar-refractivity contribution >= 4 is 10.9 Å². The molecule has 1 saturated heterocycles. The van der Waals surface area contributed by atoms with E-state index in [1.807, 2.05) is 18.2 Å². The maximum absolute atomic E-state index is 5.30. The zero-order chi connectivity index (χ0) is 12.4. The summed E-state index contributed by atoms with van der Waals surface area (Å²) in [5.41, 5.74) is 2.17. The lowest BCUT2D eigenvalue weighted by Crippen LogP contribution is -2.27. The van der Waals surface area contributed by atoms with Gasteiger partial charge in [-0.15, -0.1) is 0 Å². The highest BCUT2D eigenvalue weighted by atomic mass is 16.5. The molecular formula is C14H17N3O. The van der Waals surface area contributed by atoms with E-state index in [-0.39, 0.29) is 0 Å². The minimum atomic E-state index is 0.531. The van der Waals surface area contributed by atoms with Crippen molar-refractivity contribution in [3.05, 3.63) is 30.2 Å². The molecule has 4 heteroatoms. The summed E-state index contributed by atoms with van der Waals surface area (Å²) < 4.78 is 5.30. The van der Waals surface area contributed by atoms with Gasteiger partial charge in [-0.3, -0.25) is 0 Å². The summed E-state index contributed by atoms with van der Waals surface area (Å²) in [7, 11) is 1.69. The first-order valence-corrected chi connectivity index (χ1v) is 6.38. The molecule has 1 aromatic heterocycles. The molecule has 1 aromatic carbocycles. The fourth-order valence-corrected chi connectivity index (χ4v) is 2.60. The van der Waals surface area contributed by atoms with Crippen LogP contribution in [0.4, 0.5) is 0 Å². The minimum absolute atomic E-state index is 0.531. The van der Waals surface area contributed by atoms with Gasteiger partial charge in [-0.1, -0.05) is 0 Å². The van der Waals surface area contributed by atoms with Crippen LogP contribution in [0.1, 0.15) is 24.5 Å². The van der Waals surface area contributed by atoms with Gasteiger partial charge >= 0.3 is 0 Å². The molecule has 18 heavy (non-hydrogen) atoms. The quantitative estimate of drug-likeness (QED) is 0.877. The number of methoxy groups -OCH3 is 1. The Kier molecular flexibility index (Phi) is 3.11. The fourth-order valence-electron chi connectivity index (χ4n) is 2.60. The summed E-state index contributed by atoms with van der Waals surface area (Å²) in [5, 5.41) is 4.52. The number of rotatable bonds is 2. The molecule has 0 spiro atoms. The van der Waals surface area contributed by atoms with Gasteiger partial charge in [0.25, 0.3) is 0 Å². The Morgan fingerprint density at radius 2 is 2.06 bits per heavy atom. The van der Waals surface area contributed by atoms with Crippen LogP contribution in [0, 0.1) is 0 Å². The average Bonchev–Trinajstić information content (AvgIpc) is 2.47. The Labute approximate surface area is 106 Å². The Morgan fingerprint density at radius 1 is 1.22 bits per heavy atom. The second kappa shape index (κ2) is 4.90. The summed E-state index contributed by atoms with van der Waals surface area (Å²) >= 11 is 0. The van der Waals surface area contributed by atoms with Crippen LogP contribution in [0.5, 0.6) is 5.75 Å². The smallest absolute Gasteiger partial charge is 0.119 e. The maximum atomic E-state index is 5.30. The number of piperidine rings is 1. The predicted molar refractivity (Wildman–Crippen MR) is 70.9 cm³/mol. The molecule has 2 aromatic rings. The SMILES string of the molecule is COc1ccc2ncnc(C3CCNCC3)c2c1. The van der Waals surface area contributed by atoms with Gasteiger partial charge in [0, 0.05) is 11.3 Å². The van der Waals surface area contributed by atoms with Crippen LogP contribution < -0.4 is 10.1 Å². The van der Waals surface area contributed by atoms with Gasteiger partial charge in [0.1, 0.15) is 12.1 Å². The monoisotopic (exact) mass is 243 g/mol. The summed E-state index contributed by atoms with van der Waals surface area (Å²) in [4.78, 5) is 8.84. The molecule has 4 nitrogen and oxygen atoms in total. The van der Waals surface area contributed by atoms with Crippen LogP contribution in [0.25, 0.3) is 10.9 Å². The van der Waals surface area contributed by atoms with Gasteiger partial charge < -0.3 is 10.1 Å². The largest absolute Gasteiger partial charge is 0.497 e. The van der Waals surface area contributed by atoms with E-state index in [2.05, 4.69) is 15.3 Å². The van der Waals surface area contributed by atoms with Crippen molar-refractivity contribution in [1.82, 2.24) is 15.3 Å². The standard InChI is InChI=1S/C14H17N3O/c1-18-11-2-3-13-12(8-11)14(17-9-16-13)10-4-6-15-7-5-10/h2-3,8-10,15H,4-7H2,1H3. The lowest BCUT2D eigenvalue weighted by molar-refractivity contribution is 0.415. The van der Waals surface area contributed by atoms with Gasteiger partial charge in [-0.05, 0) is 44.1 Å². The number of ether oxygens (including phenoxy) is 1. The van der Waals surface area contributed by atoms with Gasteiger partial charge in [0.15, 0.2) is 0 Å². The van der Waals surface area contributed by atoms with Crippen molar-refractivity contribution in [3.8, 4) is 5.75 Å². The van der Waals surface area contributed by atoms with E-state index in [0.717, 1.165) is 42.6 Å². The molecule has 0 bridgehead atoms. The van der Waals surface area contributed by atoms with Crippen molar-refractivity contribution in [2.45, 2.75) is 18.8 Å². The average molecular weight is 243 g/mol. The van der Waals surface area contributed by atoms with Crippen LogP contribution in [0.2, 0.25) is 0 Å². The zero-order valence-corrected chi connectivity index (χ0v) is 10.5. The lowest BCUT2D eigenvalue weighted by Gasteiger charge is -2.23. The highest BCUT2D eigenvalue weighted by Gasteiger charge is 2.19. The lowest BCUT2D eigenvalue weighted by atomic mass is 9.92. The third-order valence-electron chi connectivity index (χ3n) is 3.60. The van der Waals surface area contributed by atoms with Crippen LogP contribution in [-0.2, 0) is 0 Å². The third-order valence-corrected chi connectivity index (χ3v) is 3.60. The Balaban J connectivity index is 2.09. The number of fused-ring (bicyclic) bond motifs is 1. The highest BCUT2D eigenvalue weighted by Crippen LogP contribution is 2.30. The number of nitrogens with one attached hydrogen (secondary N) is 1. The van der Waals surface area contributed by atoms with Crippen LogP contribution in [-0.4, -0.2) is 30.2 Å². The van der Waals surface area contributed by atoms with Crippen molar-refractivity contribution in [2.75, 3.05) is 20.2 Å². The van der Waals surface area contributed by atoms with Gasteiger partial charge in [0.2, 0.25) is 0 Å². The third kappa shape index (κ3) is 2.04. The van der Waals surface area contributed by atoms with Crippen molar-refractivity contribution in [3.63, 3.8) is 0 Å². The Morgan fingerprint density at radius 3 is 2.83 bits per heavy atom. The molecule has 1 aliphatic rings. The predicted octanol–water partition coefficient (Wildman–Crippen LogP) is 2.11. The second-order valence-electron chi connectivity index (χ2n) is 4.67. The van der Waals surface area contributed by atoms with Crippen molar-refractivity contribution < 1.29 is 4.74 Å². The Bertz CT molecular complexity index is 550. The molecule has 0 saturated carbocycles. The minimum Gasteiger partial charge on any atom is -0.497 e. The first-order valence-electron chi connectivity index (χ1n) is 6.38. The van der Waals surface area contributed by atoms with Crippen molar-refractivity contribution in [2.24, 2.45) is 0 Å².